The lowest BCUT2D eigenvalue weighted by molar-refractivity contribution is -0.142. The molecule has 116 valence electrons. The first-order chi connectivity index (χ1) is 9.88. The molecule has 0 radical (unpaired) electrons. The molecule has 1 aromatic rings. The van der Waals surface area contributed by atoms with Crippen molar-refractivity contribution < 1.29 is 23.1 Å². The lowest BCUT2D eigenvalue weighted by Crippen LogP contribution is -2.38. The number of carbonyl (C=O) groups is 1. The van der Waals surface area contributed by atoms with Gasteiger partial charge in [0.2, 0.25) is 0 Å². The quantitative estimate of drug-likeness (QED) is 0.844. The maximum absolute atomic E-state index is 11.3. The lowest BCUT2D eigenvalue weighted by atomic mass is 10.2. The summed E-state index contributed by atoms with van der Waals surface area (Å²) in [5, 5.41) is 9.07. The fourth-order valence-electron chi connectivity index (χ4n) is 2.44. The van der Waals surface area contributed by atoms with Gasteiger partial charge in [0.15, 0.2) is 9.84 Å². The van der Waals surface area contributed by atoms with E-state index in [1.165, 1.54) is 12.1 Å². The summed E-state index contributed by atoms with van der Waals surface area (Å²) >= 11 is 0. The summed E-state index contributed by atoms with van der Waals surface area (Å²) in [5.41, 5.74) is 0. The van der Waals surface area contributed by atoms with Crippen molar-refractivity contribution in [2.24, 2.45) is 0 Å². The zero-order valence-corrected chi connectivity index (χ0v) is 12.7. The van der Waals surface area contributed by atoms with Crippen LogP contribution in [0.2, 0.25) is 0 Å². The Balaban J connectivity index is 1.85. The molecule has 2 rings (SSSR count). The molecular formula is C14H19NO5S. The first kappa shape index (κ1) is 15.8. The maximum Gasteiger partial charge on any atom is 0.320 e. The van der Waals surface area contributed by atoms with Gasteiger partial charge < -0.3 is 9.84 Å². The number of carboxylic acid groups (broad SMARTS) is 1. The van der Waals surface area contributed by atoms with E-state index in [-0.39, 0.29) is 4.90 Å². The van der Waals surface area contributed by atoms with Gasteiger partial charge in [-0.1, -0.05) is 0 Å². The largest absolute Gasteiger partial charge is 0.492 e. The first-order valence-corrected chi connectivity index (χ1v) is 8.67. The Morgan fingerprint density at radius 3 is 2.62 bits per heavy atom. The van der Waals surface area contributed by atoms with Crippen LogP contribution < -0.4 is 4.74 Å². The van der Waals surface area contributed by atoms with Crippen molar-refractivity contribution in [1.82, 2.24) is 4.90 Å². The van der Waals surface area contributed by atoms with Crippen LogP contribution >= 0.6 is 0 Å². The molecule has 0 saturated carbocycles. The van der Waals surface area contributed by atoms with Crippen LogP contribution in [0.3, 0.4) is 0 Å². The SMILES string of the molecule is CS(=O)(=O)c1ccc(OCCN2CCCC2C(=O)O)cc1. The Kier molecular flexibility index (Phi) is 4.84. The second kappa shape index (κ2) is 6.44. The van der Waals surface area contributed by atoms with Crippen molar-refractivity contribution in [2.45, 2.75) is 23.8 Å². The van der Waals surface area contributed by atoms with Crippen LogP contribution in [0.1, 0.15) is 12.8 Å². The summed E-state index contributed by atoms with van der Waals surface area (Å²) in [4.78, 5) is 13.2. The van der Waals surface area contributed by atoms with Crippen molar-refractivity contribution in [3.05, 3.63) is 24.3 Å². The van der Waals surface area contributed by atoms with Crippen LogP contribution in [-0.4, -0.2) is 56.4 Å². The zero-order valence-electron chi connectivity index (χ0n) is 11.9. The van der Waals surface area contributed by atoms with Gasteiger partial charge in [0.05, 0.1) is 4.90 Å². The number of nitrogens with zero attached hydrogens (tertiary/aromatic N) is 1. The van der Waals surface area contributed by atoms with Crippen molar-refractivity contribution in [2.75, 3.05) is 26.0 Å². The second-order valence-corrected chi connectivity index (χ2v) is 7.14. The van der Waals surface area contributed by atoms with Crippen LogP contribution in [0.5, 0.6) is 5.75 Å². The summed E-state index contributed by atoms with van der Waals surface area (Å²) in [7, 11) is -3.20. The van der Waals surface area contributed by atoms with Gasteiger partial charge >= 0.3 is 5.97 Å². The topological polar surface area (TPSA) is 83.9 Å². The molecule has 0 aliphatic carbocycles. The number of hydrogen-bond donors (Lipinski definition) is 1. The predicted molar refractivity (Wildman–Crippen MR) is 77.3 cm³/mol. The fraction of sp³-hybridized carbons (Fsp3) is 0.500. The molecular weight excluding hydrogens is 294 g/mol. The minimum absolute atomic E-state index is 0.250. The van der Waals surface area contributed by atoms with Crippen LogP contribution in [-0.2, 0) is 14.6 Å². The summed E-state index contributed by atoms with van der Waals surface area (Å²) < 4.78 is 28.2. The molecule has 0 amide bonds. The number of benzene rings is 1. The van der Waals surface area contributed by atoms with Gasteiger partial charge in [-0.05, 0) is 43.7 Å². The molecule has 1 saturated heterocycles. The van der Waals surface area contributed by atoms with Gasteiger partial charge in [-0.3, -0.25) is 9.69 Å². The average molecular weight is 313 g/mol. The smallest absolute Gasteiger partial charge is 0.320 e. The third kappa shape index (κ3) is 4.18. The molecule has 1 heterocycles. The molecule has 1 aliphatic rings. The highest BCUT2D eigenvalue weighted by Crippen LogP contribution is 2.18. The van der Waals surface area contributed by atoms with Crippen LogP contribution in [0.15, 0.2) is 29.2 Å². The summed E-state index contributed by atoms with van der Waals surface area (Å²) in [6.45, 7) is 1.69. The highest BCUT2D eigenvalue weighted by atomic mass is 32.2. The summed E-state index contributed by atoms with van der Waals surface area (Å²) in [6.07, 6.45) is 2.72. The lowest BCUT2D eigenvalue weighted by Gasteiger charge is -2.20. The van der Waals surface area contributed by atoms with Gasteiger partial charge in [0, 0.05) is 12.8 Å². The van der Waals surface area contributed by atoms with Crippen molar-refractivity contribution in [3.63, 3.8) is 0 Å². The number of aliphatic carboxylic acids is 1. The van der Waals surface area contributed by atoms with Crippen LogP contribution in [0, 0.1) is 0 Å². The van der Waals surface area contributed by atoms with Crippen LogP contribution in [0.25, 0.3) is 0 Å². The Labute approximate surface area is 124 Å². The van der Waals surface area contributed by atoms with E-state index >= 15 is 0 Å². The highest BCUT2D eigenvalue weighted by molar-refractivity contribution is 7.90. The standard InChI is InChI=1S/C14H19NO5S/c1-21(18,19)12-6-4-11(5-7-12)20-10-9-15-8-2-3-13(15)14(16)17/h4-7,13H,2-3,8-10H2,1H3,(H,16,17). The van der Waals surface area contributed by atoms with E-state index in [0.29, 0.717) is 25.3 Å². The molecule has 1 aromatic carbocycles. The average Bonchev–Trinajstić information content (AvgIpc) is 2.87. The molecule has 1 N–H and O–H groups in total. The normalized spacial score (nSPS) is 19.6. The number of rotatable bonds is 6. The third-order valence-corrected chi connectivity index (χ3v) is 4.68. The molecule has 7 heteroatoms. The first-order valence-electron chi connectivity index (χ1n) is 6.78. The third-order valence-electron chi connectivity index (χ3n) is 3.55. The molecule has 0 bridgehead atoms. The maximum atomic E-state index is 11.3. The molecule has 0 spiro atoms. The second-order valence-electron chi connectivity index (χ2n) is 5.12. The van der Waals surface area contributed by atoms with E-state index in [2.05, 4.69) is 0 Å². The Morgan fingerprint density at radius 2 is 2.05 bits per heavy atom. The van der Waals surface area contributed by atoms with Crippen molar-refractivity contribution >= 4 is 15.8 Å². The minimum Gasteiger partial charge on any atom is -0.492 e. The Hall–Kier alpha value is -1.60. The van der Waals surface area contributed by atoms with E-state index in [1.807, 2.05) is 4.90 Å². The zero-order chi connectivity index (χ0) is 15.5. The number of hydrogen-bond acceptors (Lipinski definition) is 5. The molecule has 1 unspecified atom stereocenters. The highest BCUT2D eigenvalue weighted by Gasteiger charge is 2.29. The van der Waals surface area contributed by atoms with Crippen LogP contribution in [0.4, 0.5) is 0 Å². The summed E-state index contributed by atoms with van der Waals surface area (Å²) in [6, 6.07) is 5.80. The molecule has 1 fully saturated rings. The number of likely N-dealkylation sites (tertiary alicyclic amines) is 1. The van der Waals surface area contributed by atoms with E-state index < -0.39 is 21.8 Å². The van der Waals surface area contributed by atoms with Gasteiger partial charge in [0.1, 0.15) is 18.4 Å². The number of ether oxygens (including phenoxy) is 1. The van der Waals surface area contributed by atoms with Gasteiger partial charge in [0.25, 0.3) is 0 Å². The minimum atomic E-state index is -3.20. The molecule has 21 heavy (non-hydrogen) atoms. The molecule has 0 aromatic heterocycles. The van der Waals surface area contributed by atoms with Gasteiger partial charge in [-0.25, -0.2) is 8.42 Å². The van der Waals surface area contributed by atoms with E-state index in [4.69, 9.17) is 9.84 Å². The summed E-state index contributed by atoms with van der Waals surface area (Å²) in [5.74, 6) is -0.210. The molecule has 1 aliphatic heterocycles. The predicted octanol–water partition coefficient (Wildman–Crippen LogP) is 1.02. The Bertz CT molecular complexity index is 596. The van der Waals surface area contributed by atoms with Gasteiger partial charge in [-0.2, -0.15) is 0 Å². The van der Waals surface area contributed by atoms with Crippen molar-refractivity contribution in [1.29, 1.82) is 0 Å². The van der Waals surface area contributed by atoms with E-state index in [0.717, 1.165) is 19.2 Å². The monoisotopic (exact) mass is 313 g/mol. The van der Waals surface area contributed by atoms with Crippen molar-refractivity contribution in [3.8, 4) is 5.75 Å². The fourth-order valence-corrected chi connectivity index (χ4v) is 3.07. The number of carboxylic acids is 1. The van der Waals surface area contributed by atoms with E-state index in [9.17, 15) is 13.2 Å². The van der Waals surface area contributed by atoms with E-state index in [1.54, 1.807) is 12.1 Å². The molecule has 1 atom stereocenters. The Morgan fingerprint density at radius 1 is 1.38 bits per heavy atom. The molecule has 6 nitrogen and oxygen atoms in total. The van der Waals surface area contributed by atoms with Gasteiger partial charge in [-0.15, -0.1) is 0 Å². The number of sulfone groups is 1.